The van der Waals surface area contributed by atoms with Gasteiger partial charge in [-0.2, -0.15) is 13.2 Å². The number of nitrogens with zero attached hydrogens (tertiary/aromatic N) is 2. The summed E-state index contributed by atoms with van der Waals surface area (Å²) in [5.74, 6) is 0. The number of methoxy groups -OCH3 is 1. The van der Waals surface area contributed by atoms with Crippen LogP contribution in [0.2, 0.25) is 5.02 Å². The van der Waals surface area contributed by atoms with Gasteiger partial charge in [0.25, 0.3) is 0 Å². The van der Waals surface area contributed by atoms with E-state index < -0.39 is 22.8 Å². The van der Waals surface area contributed by atoms with Gasteiger partial charge in [-0.3, -0.25) is 4.98 Å². The van der Waals surface area contributed by atoms with E-state index in [-0.39, 0.29) is 5.69 Å². The van der Waals surface area contributed by atoms with Gasteiger partial charge in [0.2, 0.25) is 0 Å². The Morgan fingerprint density at radius 3 is 2.49 bits per heavy atom. The number of halogens is 4. The lowest BCUT2D eigenvalue weighted by atomic mass is 10.1. The number of alkyl halides is 3. The third kappa shape index (κ3) is 7.50. The second kappa shape index (κ2) is 13.0. The topological polar surface area (TPSA) is 77.4 Å². The molecular weight excluding hydrogens is 533 g/mol. The first kappa shape index (κ1) is 28.4. The number of benzene rings is 2. The summed E-state index contributed by atoms with van der Waals surface area (Å²) in [7, 11) is 1.65. The van der Waals surface area contributed by atoms with Gasteiger partial charge in [-0.15, -0.1) is 0 Å². The zero-order valence-corrected chi connectivity index (χ0v) is 22.0. The van der Waals surface area contributed by atoms with Crippen LogP contribution in [0.4, 0.5) is 29.3 Å². The molecule has 2 amide bonds. The van der Waals surface area contributed by atoms with Gasteiger partial charge in [0.05, 0.1) is 35.5 Å². The van der Waals surface area contributed by atoms with E-state index in [0.717, 1.165) is 48.0 Å². The molecule has 2 aromatic heterocycles. The number of anilines is 2. The number of pyridine rings is 1. The molecule has 0 fully saturated rings. The molecule has 0 unspecified atom stereocenters. The maximum atomic E-state index is 13.1. The zero-order valence-electron chi connectivity index (χ0n) is 21.2. The number of amides is 2. The first-order valence-electron chi connectivity index (χ1n) is 12.3. The fraction of sp³-hybridized carbons (Fsp3) is 0.286. The molecule has 0 atom stereocenters. The molecule has 2 heterocycles. The number of urea groups is 1. The highest BCUT2D eigenvalue weighted by Crippen LogP contribution is 2.36. The van der Waals surface area contributed by atoms with Crippen LogP contribution in [0, 0.1) is 0 Å². The molecule has 0 aliphatic heterocycles. The van der Waals surface area contributed by atoms with E-state index in [1.165, 1.54) is 11.6 Å². The van der Waals surface area contributed by atoms with Crippen molar-refractivity contribution in [2.24, 2.45) is 0 Å². The molecule has 11 heteroatoms. The van der Waals surface area contributed by atoms with Crippen molar-refractivity contribution in [3.05, 3.63) is 83.3 Å². The van der Waals surface area contributed by atoms with Gasteiger partial charge >= 0.3 is 12.2 Å². The van der Waals surface area contributed by atoms with Crippen LogP contribution < -0.4 is 10.6 Å². The average Bonchev–Trinajstić information content (AvgIpc) is 3.28. The number of fused-ring (bicyclic) bond motifs is 1. The van der Waals surface area contributed by atoms with Crippen molar-refractivity contribution >= 4 is 39.9 Å². The molecule has 4 aromatic rings. The Labute approximate surface area is 228 Å². The zero-order chi connectivity index (χ0) is 27.8. The van der Waals surface area contributed by atoms with Gasteiger partial charge in [-0.25, -0.2) is 4.79 Å². The minimum atomic E-state index is -4.63. The summed E-state index contributed by atoms with van der Waals surface area (Å²) < 4.78 is 51.8. The predicted octanol–water partition coefficient (Wildman–Crippen LogP) is 7.33. The Balaban J connectivity index is 1.40. The van der Waals surface area contributed by atoms with Crippen LogP contribution in [0.25, 0.3) is 16.6 Å². The standard InChI is InChI=1S/C28H28ClF3N4O3/c1-38-14-15-39-13-3-2-4-19-18-36(26-17-33-12-11-23(19)26)22-8-5-20(6-9-22)34-27(37)35-21-7-10-25(29)24(16-21)28(30,31)32/h5-12,16-18H,2-4,13-15H2,1H3,(H2,34,35,37). The van der Waals surface area contributed by atoms with E-state index in [1.54, 1.807) is 25.4 Å². The Morgan fingerprint density at radius 2 is 1.74 bits per heavy atom. The van der Waals surface area contributed by atoms with Gasteiger partial charge in [0, 0.05) is 48.6 Å². The number of hydrogen-bond donors (Lipinski definition) is 2. The molecule has 0 saturated carbocycles. The van der Waals surface area contributed by atoms with Crippen molar-refractivity contribution in [3.63, 3.8) is 0 Å². The molecule has 0 aliphatic carbocycles. The molecule has 4 rings (SSSR count). The molecule has 0 aliphatic rings. The van der Waals surface area contributed by atoms with Crippen LogP contribution in [-0.2, 0) is 22.1 Å². The second-order valence-electron chi connectivity index (χ2n) is 8.80. The second-order valence-corrected chi connectivity index (χ2v) is 9.21. The van der Waals surface area contributed by atoms with E-state index in [4.69, 9.17) is 21.1 Å². The monoisotopic (exact) mass is 560 g/mol. The van der Waals surface area contributed by atoms with Gasteiger partial charge in [0.1, 0.15) is 0 Å². The molecular formula is C28H28ClF3N4O3. The fourth-order valence-electron chi connectivity index (χ4n) is 4.14. The highest BCUT2D eigenvalue weighted by Gasteiger charge is 2.33. The minimum absolute atomic E-state index is 0.0266. The van der Waals surface area contributed by atoms with Crippen molar-refractivity contribution in [1.29, 1.82) is 0 Å². The largest absolute Gasteiger partial charge is 0.417 e. The molecule has 0 spiro atoms. The number of aryl methyl sites for hydroxylation is 1. The van der Waals surface area contributed by atoms with Gasteiger partial charge in [-0.05, 0) is 73.4 Å². The van der Waals surface area contributed by atoms with Crippen LogP contribution in [0.15, 0.2) is 67.1 Å². The Hall–Kier alpha value is -3.60. The molecule has 7 nitrogen and oxygen atoms in total. The van der Waals surface area contributed by atoms with E-state index in [0.29, 0.717) is 25.5 Å². The van der Waals surface area contributed by atoms with Crippen molar-refractivity contribution < 1.29 is 27.4 Å². The average molecular weight is 561 g/mol. The minimum Gasteiger partial charge on any atom is -0.382 e. The first-order chi connectivity index (χ1) is 18.8. The third-order valence-corrected chi connectivity index (χ3v) is 6.37. The lowest BCUT2D eigenvalue weighted by Crippen LogP contribution is -2.20. The first-order valence-corrected chi connectivity index (χ1v) is 12.7. The lowest BCUT2D eigenvalue weighted by molar-refractivity contribution is -0.137. The highest BCUT2D eigenvalue weighted by atomic mass is 35.5. The number of rotatable bonds is 11. The summed E-state index contributed by atoms with van der Waals surface area (Å²) in [6.45, 7) is 1.87. The van der Waals surface area contributed by atoms with Crippen LogP contribution in [-0.4, -0.2) is 42.5 Å². The predicted molar refractivity (Wildman–Crippen MR) is 146 cm³/mol. The molecule has 0 bridgehead atoms. The number of aromatic nitrogens is 2. The van der Waals surface area contributed by atoms with Crippen LogP contribution in [0.5, 0.6) is 0 Å². The number of unbranched alkanes of at least 4 members (excludes halogenated alkanes) is 1. The summed E-state index contributed by atoms with van der Waals surface area (Å²) in [6, 6.07) is 11.6. The third-order valence-electron chi connectivity index (χ3n) is 6.04. The molecule has 0 saturated heterocycles. The lowest BCUT2D eigenvalue weighted by Gasteiger charge is -2.12. The summed E-state index contributed by atoms with van der Waals surface area (Å²) in [5.41, 5.74) is 2.47. The van der Waals surface area contributed by atoms with Crippen molar-refractivity contribution in [2.75, 3.05) is 37.6 Å². The van der Waals surface area contributed by atoms with Crippen LogP contribution >= 0.6 is 11.6 Å². The van der Waals surface area contributed by atoms with E-state index in [2.05, 4.69) is 21.8 Å². The summed E-state index contributed by atoms with van der Waals surface area (Å²) in [5, 5.41) is 5.72. The van der Waals surface area contributed by atoms with E-state index in [9.17, 15) is 18.0 Å². The van der Waals surface area contributed by atoms with Gasteiger partial charge < -0.3 is 24.7 Å². The highest BCUT2D eigenvalue weighted by molar-refractivity contribution is 6.31. The molecule has 2 aromatic carbocycles. The SMILES string of the molecule is COCCOCCCCc1cn(-c2ccc(NC(=O)Nc3ccc(Cl)c(C(F)(F)F)c3)cc2)c2cnccc12. The van der Waals surface area contributed by atoms with Crippen molar-refractivity contribution in [1.82, 2.24) is 9.55 Å². The maximum Gasteiger partial charge on any atom is 0.417 e. The van der Waals surface area contributed by atoms with Crippen molar-refractivity contribution in [3.8, 4) is 5.69 Å². The maximum absolute atomic E-state index is 13.1. The van der Waals surface area contributed by atoms with Gasteiger partial charge in [0.15, 0.2) is 0 Å². The normalized spacial score (nSPS) is 11.6. The summed E-state index contributed by atoms with van der Waals surface area (Å²) in [4.78, 5) is 16.7. The smallest absolute Gasteiger partial charge is 0.382 e. The molecule has 206 valence electrons. The summed E-state index contributed by atoms with van der Waals surface area (Å²) >= 11 is 5.64. The number of nitrogens with one attached hydrogen (secondary N) is 2. The Bertz CT molecular complexity index is 1410. The molecule has 0 radical (unpaired) electrons. The quantitative estimate of drug-likeness (QED) is 0.188. The fourth-order valence-corrected chi connectivity index (χ4v) is 4.37. The molecule has 39 heavy (non-hydrogen) atoms. The van der Waals surface area contributed by atoms with E-state index >= 15 is 0 Å². The Morgan fingerprint density at radius 1 is 1.00 bits per heavy atom. The number of ether oxygens (including phenoxy) is 2. The number of carbonyl (C=O) groups excluding carboxylic acids is 1. The van der Waals surface area contributed by atoms with Crippen LogP contribution in [0.1, 0.15) is 24.0 Å². The van der Waals surface area contributed by atoms with E-state index in [1.807, 2.05) is 29.0 Å². The van der Waals surface area contributed by atoms with Crippen molar-refractivity contribution in [2.45, 2.75) is 25.4 Å². The molecule has 2 N–H and O–H groups in total. The number of hydrogen-bond acceptors (Lipinski definition) is 4. The number of carbonyl (C=O) groups is 1. The van der Waals surface area contributed by atoms with Crippen LogP contribution in [0.3, 0.4) is 0 Å². The Kier molecular flexibility index (Phi) is 9.45. The summed E-state index contributed by atoms with van der Waals surface area (Å²) in [6.07, 6.45) is 3.86. The van der Waals surface area contributed by atoms with Gasteiger partial charge in [-0.1, -0.05) is 11.6 Å².